The van der Waals surface area contributed by atoms with Crippen LogP contribution in [0.5, 0.6) is 0 Å². The van der Waals surface area contributed by atoms with Crippen LogP contribution in [0, 0.1) is 5.92 Å². The molecule has 1 unspecified atom stereocenters. The van der Waals surface area contributed by atoms with Crippen molar-refractivity contribution in [3.8, 4) is 0 Å². The van der Waals surface area contributed by atoms with Crippen molar-refractivity contribution in [2.45, 2.75) is 37.9 Å². The summed E-state index contributed by atoms with van der Waals surface area (Å²) in [5, 5.41) is 34.2. The topological polar surface area (TPSA) is 178 Å². The summed E-state index contributed by atoms with van der Waals surface area (Å²) in [6.07, 6.45) is 2.69. The van der Waals surface area contributed by atoms with Gasteiger partial charge in [0.1, 0.15) is 18.6 Å². The average molecular weight is 508 g/mol. The molecule has 0 spiro atoms. The maximum atomic E-state index is 12.1. The molecule has 0 bridgehead atoms. The summed E-state index contributed by atoms with van der Waals surface area (Å²) in [5.41, 5.74) is -0.112. The van der Waals surface area contributed by atoms with Crippen molar-refractivity contribution >= 4 is 45.7 Å². The maximum Gasteiger partial charge on any atom is 1.00 e. The average Bonchev–Trinajstić information content (AvgIpc) is 3.38. The Balaban J connectivity index is 0.000000770. The minimum atomic E-state index is -1.33. The van der Waals surface area contributed by atoms with E-state index in [1.165, 1.54) is 28.5 Å². The van der Waals surface area contributed by atoms with E-state index in [4.69, 9.17) is 0 Å². The Morgan fingerprint density at radius 3 is 2.59 bits per heavy atom. The van der Waals surface area contributed by atoms with Crippen LogP contribution in [-0.2, 0) is 20.8 Å². The fourth-order valence-electron chi connectivity index (χ4n) is 2.08. The number of nitrogens with zero attached hydrogens (tertiary/aromatic N) is 5. The van der Waals surface area contributed by atoms with Gasteiger partial charge in [0.05, 0.1) is 17.9 Å². The Labute approximate surface area is 234 Å². The van der Waals surface area contributed by atoms with Crippen molar-refractivity contribution < 1.29 is 76.0 Å². The van der Waals surface area contributed by atoms with E-state index >= 15 is 0 Å². The molecule has 0 saturated carbocycles. The minimum Gasteiger partial charge on any atom is -0.850 e. The van der Waals surface area contributed by atoms with Gasteiger partial charge >= 0.3 is 57.4 Å². The molecule has 1 amide bonds. The summed E-state index contributed by atoms with van der Waals surface area (Å²) in [7, 11) is 0. The smallest absolute Gasteiger partial charge is 0.850 e. The Morgan fingerprint density at radius 1 is 1.31 bits per heavy atom. The number of aromatic nitrogens is 6. The van der Waals surface area contributed by atoms with Crippen LogP contribution < -0.4 is 61.8 Å². The van der Waals surface area contributed by atoms with Crippen LogP contribution in [0.2, 0.25) is 0 Å². The van der Waals surface area contributed by atoms with E-state index in [-0.39, 0.29) is 70.1 Å². The fraction of sp³-hybridized carbons (Fsp3) is 0.471. The normalized spacial score (nSPS) is 11.8. The predicted octanol–water partition coefficient (Wildman–Crippen LogP) is -3.22. The fourth-order valence-corrected chi connectivity index (χ4v) is 3.60. The number of aliphatic carboxylic acids is 1. The zero-order chi connectivity index (χ0) is 23.0. The molecule has 32 heavy (non-hydrogen) atoms. The van der Waals surface area contributed by atoms with Crippen LogP contribution in [0.1, 0.15) is 26.5 Å². The molecule has 12 nitrogen and oxygen atoms in total. The number of aromatic amines is 1. The largest absolute Gasteiger partial charge is 1.00 e. The van der Waals surface area contributed by atoms with Crippen molar-refractivity contribution in [2.75, 3.05) is 12.3 Å². The molecule has 0 radical (unpaired) electrons. The number of Topliss-reactive ketones (excluding diaryl/α,β-unsaturated/α-hetero) is 1. The molecule has 3 heterocycles. The van der Waals surface area contributed by atoms with Crippen LogP contribution in [0.15, 0.2) is 23.2 Å². The number of rotatable bonds is 9. The number of hydrogen-bond acceptors (Lipinski definition) is 10. The summed E-state index contributed by atoms with van der Waals surface area (Å²) in [6, 6.07) is 0. The van der Waals surface area contributed by atoms with Crippen LogP contribution in [0.3, 0.4) is 0 Å². The van der Waals surface area contributed by atoms with E-state index < -0.39 is 29.2 Å². The maximum absolute atomic E-state index is 12.1. The van der Waals surface area contributed by atoms with Gasteiger partial charge in [-0.1, -0.05) is 32.5 Å². The van der Waals surface area contributed by atoms with Crippen molar-refractivity contribution in [1.82, 2.24) is 35.1 Å². The van der Waals surface area contributed by atoms with Crippen LogP contribution in [0.4, 0.5) is 0 Å². The van der Waals surface area contributed by atoms with Gasteiger partial charge in [-0.15, -0.1) is 16.9 Å². The van der Waals surface area contributed by atoms with E-state index in [2.05, 4.69) is 30.6 Å². The number of thioether (sulfide) groups is 1. The zero-order valence-electron chi connectivity index (χ0n) is 18.1. The number of carboxylic acids is 1. The molecule has 0 aliphatic rings. The summed E-state index contributed by atoms with van der Waals surface area (Å²) >= 11 is 2.40. The van der Waals surface area contributed by atoms with Crippen molar-refractivity contribution in [3.05, 3.63) is 23.7 Å². The van der Waals surface area contributed by atoms with Crippen LogP contribution >= 0.6 is 23.1 Å². The van der Waals surface area contributed by atoms with Crippen LogP contribution in [0.25, 0.3) is 4.96 Å². The van der Waals surface area contributed by atoms with Crippen LogP contribution in [-0.4, -0.2) is 70.4 Å². The van der Waals surface area contributed by atoms with Crippen molar-refractivity contribution in [2.24, 2.45) is 5.92 Å². The van der Waals surface area contributed by atoms with Gasteiger partial charge in [0.25, 0.3) is 0 Å². The number of nitrogens with one attached hydrogen (secondary N) is 2. The first kappa shape index (κ1) is 28.8. The van der Waals surface area contributed by atoms with Gasteiger partial charge in [-0.25, -0.2) is 14.5 Å². The molecule has 3 aromatic heterocycles. The second-order valence-corrected chi connectivity index (χ2v) is 9.01. The molecule has 3 rings (SSSR count). The molecular formula is C17H22KN7O5S2. The number of ketones is 1. The Morgan fingerprint density at radius 2 is 2.00 bits per heavy atom. The molecule has 0 fully saturated rings. The van der Waals surface area contributed by atoms with E-state index in [1.807, 2.05) is 0 Å². The standard InChI is InChI=1S/C13H13N7O4S2.C4H9O.K/c21-9(4-25-12-15-5-17-19-12)8(11(23)24)2-14-10(22)1-7-3-26-13-16-6-18-20(7)13;1-4(2,3)5;/h3,5-6,8H,1-2,4H2,(H,14,22)(H,23,24)(H,15,17,19);1-3H3;/q;-1;+1. The molecule has 0 aliphatic carbocycles. The van der Waals surface area contributed by atoms with Gasteiger partial charge in [0, 0.05) is 11.9 Å². The van der Waals surface area contributed by atoms with E-state index in [1.54, 1.807) is 26.2 Å². The monoisotopic (exact) mass is 507 g/mol. The third kappa shape index (κ3) is 10.2. The third-order valence-corrected chi connectivity index (χ3v) is 5.14. The molecule has 168 valence electrons. The summed E-state index contributed by atoms with van der Waals surface area (Å²) < 4.78 is 1.54. The molecule has 15 heteroatoms. The van der Waals surface area contributed by atoms with Gasteiger partial charge in [-0.3, -0.25) is 19.5 Å². The molecule has 0 aromatic carbocycles. The predicted molar refractivity (Wildman–Crippen MR) is 111 cm³/mol. The van der Waals surface area contributed by atoms with Gasteiger partial charge < -0.3 is 15.5 Å². The first-order valence-electron chi connectivity index (χ1n) is 9.01. The molecule has 0 saturated heterocycles. The number of carbonyl (C=O) groups excluding carboxylic acids is 2. The molecule has 3 aromatic rings. The Kier molecular flexibility index (Phi) is 12.2. The van der Waals surface area contributed by atoms with Crippen molar-refractivity contribution in [1.29, 1.82) is 0 Å². The quantitative estimate of drug-likeness (QED) is 0.152. The third-order valence-electron chi connectivity index (χ3n) is 3.36. The van der Waals surface area contributed by atoms with E-state index in [9.17, 15) is 24.6 Å². The Hall–Kier alpha value is -1.20. The van der Waals surface area contributed by atoms with Gasteiger partial charge in [-0.2, -0.15) is 10.2 Å². The molecular weight excluding hydrogens is 485 g/mol. The number of hydrogen-bond donors (Lipinski definition) is 3. The first-order chi connectivity index (χ1) is 14.5. The van der Waals surface area contributed by atoms with Gasteiger partial charge in [0.2, 0.25) is 10.9 Å². The van der Waals surface area contributed by atoms with Gasteiger partial charge in [-0.05, 0) is 0 Å². The number of carboxylic acid groups (broad SMARTS) is 1. The zero-order valence-corrected chi connectivity index (χ0v) is 22.8. The molecule has 1 atom stereocenters. The first-order valence-corrected chi connectivity index (χ1v) is 10.9. The van der Waals surface area contributed by atoms with E-state index in [0.29, 0.717) is 15.8 Å². The van der Waals surface area contributed by atoms with Crippen molar-refractivity contribution in [3.63, 3.8) is 0 Å². The second-order valence-electron chi connectivity index (χ2n) is 7.21. The number of thiazole rings is 1. The number of fused-ring (bicyclic) bond motifs is 1. The number of amides is 1. The minimum absolute atomic E-state index is 0. The SMILES string of the molecule is CC(C)(C)[O-].O=C(Cc1csc2ncnn12)NCC(C(=O)O)C(=O)CSc1ncn[nH]1.[K+]. The summed E-state index contributed by atoms with van der Waals surface area (Å²) in [6.45, 7) is 4.61. The number of carbonyl (C=O) groups is 3. The molecule has 3 N–H and O–H groups in total. The second kappa shape index (κ2) is 13.5. The number of H-pyrrole nitrogens is 1. The molecule has 0 aliphatic heterocycles. The summed E-state index contributed by atoms with van der Waals surface area (Å²) in [4.78, 5) is 44.0. The summed E-state index contributed by atoms with van der Waals surface area (Å²) in [5.74, 6) is -3.63. The van der Waals surface area contributed by atoms with E-state index in [0.717, 1.165) is 11.8 Å². The van der Waals surface area contributed by atoms with Gasteiger partial charge in [0.15, 0.2) is 10.9 Å². The Bertz CT molecular complexity index is 1010.